The summed E-state index contributed by atoms with van der Waals surface area (Å²) in [6.07, 6.45) is 13.3. The fourth-order valence-electron chi connectivity index (χ4n) is 4.70. The maximum absolute atomic E-state index is 5.78. The third-order valence-corrected chi connectivity index (χ3v) is 7.24. The van der Waals surface area contributed by atoms with Crippen LogP contribution in [0.1, 0.15) is 56.6 Å². The van der Waals surface area contributed by atoms with Crippen molar-refractivity contribution in [2.24, 2.45) is 0 Å². The molecule has 0 radical (unpaired) electrons. The Bertz CT molecular complexity index is 1390. The van der Waals surface area contributed by atoms with Gasteiger partial charge in [-0.25, -0.2) is 9.97 Å². The van der Waals surface area contributed by atoms with Crippen LogP contribution in [0.5, 0.6) is 0 Å². The number of hydrogen-bond acceptors (Lipinski definition) is 7. The number of pyridine rings is 2. The molecule has 1 aliphatic rings. The minimum Gasteiger partial charge on any atom is -0.444 e. The first-order valence-electron chi connectivity index (χ1n) is 13.1. The fourth-order valence-corrected chi connectivity index (χ4v) is 4.70. The van der Waals surface area contributed by atoms with Crippen LogP contribution in [-0.4, -0.2) is 45.0 Å². The Morgan fingerprint density at radius 2 is 1.95 bits per heavy atom. The molecular weight excluding hydrogens is 462 g/mol. The average Bonchev–Trinajstić information content (AvgIpc) is 3.55. The zero-order valence-corrected chi connectivity index (χ0v) is 22.3. The highest BCUT2D eigenvalue weighted by atomic mass is 16.3. The molecule has 0 bridgehead atoms. The lowest BCUT2D eigenvalue weighted by Crippen LogP contribution is -2.36. The van der Waals surface area contributed by atoms with E-state index < -0.39 is 0 Å². The highest BCUT2D eigenvalue weighted by molar-refractivity contribution is 5.83. The van der Waals surface area contributed by atoms with Gasteiger partial charge in [0.25, 0.3) is 0 Å². The quantitative estimate of drug-likeness (QED) is 0.306. The first-order chi connectivity index (χ1) is 17.8. The number of anilines is 2. The van der Waals surface area contributed by atoms with E-state index in [1.807, 2.05) is 26.1 Å². The van der Waals surface area contributed by atoms with Crippen LogP contribution in [0.3, 0.4) is 0 Å². The molecule has 0 unspecified atom stereocenters. The molecule has 1 aliphatic heterocycles. The van der Waals surface area contributed by atoms with Crippen LogP contribution in [0.4, 0.5) is 11.4 Å². The number of aryl methyl sites for hydroxylation is 2. The Morgan fingerprint density at radius 1 is 1.14 bits per heavy atom. The lowest BCUT2D eigenvalue weighted by molar-refractivity contribution is 0.392. The minimum atomic E-state index is 0.0740. The molecular formula is C29H37N7O. The van der Waals surface area contributed by atoms with Gasteiger partial charge in [-0.3, -0.25) is 4.98 Å². The van der Waals surface area contributed by atoms with Crippen molar-refractivity contribution < 1.29 is 4.42 Å². The van der Waals surface area contributed by atoms with Crippen molar-refractivity contribution in [2.75, 3.05) is 30.4 Å². The third kappa shape index (κ3) is 5.69. The van der Waals surface area contributed by atoms with Gasteiger partial charge in [-0.15, -0.1) is 0 Å². The molecule has 8 nitrogen and oxygen atoms in total. The van der Waals surface area contributed by atoms with Gasteiger partial charge in [0.05, 0.1) is 22.8 Å². The summed E-state index contributed by atoms with van der Waals surface area (Å²) in [5.74, 6) is 0.555. The van der Waals surface area contributed by atoms with Crippen molar-refractivity contribution in [3.63, 3.8) is 0 Å². The third-order valence-electron chi connectivity index (χ3n) is 7.24. The summed E-state index contributed by atoms with van der Waals surface area (Å²) < 4.78 is 7.89. The van der Waals surface area contributed by atoms with Gasteiger partial charge >= 0.3 is 0 Å². The molecule has 8 heteroatoms. The van der Waals surface area contributed by atoms with Crippen molar-refractivity contribution in [1.82, 2.24) is 24.7 Å². The number of oxazole rings is 1. The summed E-state index contributed by atoms with van der Waals surface area (Å²) in [6.45, 7) is 12.8. The topological polar surface area (TPSA) is 83.5 Å². The van der Waals surface area contributed by atoms with Gasteiger partial charge in [0.15, 0.2) is 0 Å². The smallest absolute Gasteiger partial charge is 0.226 e. The van der Waals surface area contributed by atoms with Gasteiger partial charge in [-0.05, 0) is 72.1 Å². The van der Waals surface area contributed by atoms with Crippen molar-refractivity contribution in [2.45, 2.75) is 58.4 Å². The van der Waals surface area contributed by atoms with Crippen molar-refractivity contribution in [3.8, 4) is 11.5 Å². The van der Waals surface area contributed by atoms with E-state index in [1.165, 1.54) is 19.3 Å². The molecule has 0 atom stereocenters. The number of aromatic nitrogens is 4. The predicted octanol–water partition coefficient (Wildman–Crippen LogP) is 5.70. The summed E-state index contributed by atoms with van der Waals surface area (Å²) in [5, 5.41) is 6.92. The van der Waals surface area contributed by atoms with E-state index in [0.29, 0.717) is 17.3 Å². The van der Waals surface area contributed by atoms with Crippen LogP contribution in [0.15, 0.2) is 54.0 Å². The van der Waals surface area contributed by atoms with Gasteiger partial charge in [-0.2, -0.15) is 0 Å². The van der Waals surface area contributed by atoms with Crippen LogP contribution in [-0.2, 0) is 6.42 Å². The monoisotopic (exact) mass is 499 g/mol. The van der Waals surface area contributed by atoms with Crippen LogP contribution >= 0.6 is 0 Å². The van der Waals surface area contributed by atoms with Crippen molar-refractivity contribution >= 4 is 22.7 Å². The highest BCUT2D eigenvalue weighted by Gasteiger charge is 2.20. The first kappa shape index (κ1) is 25.0. The number of nitrogens with zero attached hydrogens (tertiary/aromatic N) is 5. The van der Waals surface area contributed by atoms with E-state index in [0.717, 1.165) is 59.9 Å². The van der Waals surface area contributed by atoms with Crippen LogP contribution in [0, 0.1) is 6.92 Å². The summed E-state index contributed by atoms with van der Waals surface area (Å²) in [5.41, 5.74) is 7.45. The molecule has 2 N–H and O–H groups in total. The molecule has 0 amide bonds. The molecule has 1 fully saturated rings. The van der Waals surface area contributed by atoms with E-state index >= 15 is 0 Å². The summed E-state index contributed by atoms with van der Waals surface area (Å²) in [7, 11) is 2.01. The molecule has 37 heavy (non-hydrogen) atoms. The Labute approximate surface area is 218 Å². The van der Waals surface area contributed by atoms with Crippen LogP contribution in [0.25, 0.3) is 22.8 Å². The molecule has 0 aromatic carbocycles. The maximum Gasteiger partial charge on any atom is 0.226 e. The second-order valence-electron chi connectivity index (χ2n) is 10.6. The molecule has 4 aromatic rings. The summed E-state index contributed by atoms with van der Waals surface area (Å²) in [4.78, 5) is 16.3. The predicted molar refractivity (Wildman–Crippen MR) is 150 cm³/mol. The first-order valence-corrected chi connectivity index (χ1v) is 13.1. The highest BCUT2D eigenvalue weighted by Crippen LogP contribution is 2.33. The number of fused-ring (bicyclic) bond motifs is 1. The minimum absolute atomic E-state index is 0.0740. The van der Waals surface area contributed by atoms with E-state index in [9.17, 15) is 0 Å². The van der Waals surface area contributed by atoms with E-state index in [4.69, 9.17) is 9.40 Å². The molecule has 0 aliphatic carbocycles. The zero-order valence-electron chi connectivity index (χ0n) is 22.3. The van der Waals surface area contributed by atoms with Crippen molar-refractivity contribution in [1.29, 1.82) is 0 Å². The van der Waals surface area contributed by atoms with E-state index in [-0.39, 0.29) is 5.54 Å². The standard InChI is InChI=1S/C29H37N7O/c1-20-15-22(10-12-31-20)28-34-25(19-37-28)21(2)32-24-18-36-17-23(9-11-29(3,4)30-5)33-27(36)16-26(24)35-13-7-6-8-14-35/h10,12,15-19,30,32H,2,6-9,11,13-14H2,1,3-5H3. The summed E-state index contributed by atoms with van der Waals surface area (Å²) >= 11 is 0. The van der Waals surface area contributed by atoms with Gasteiger partial charge in [0.2, 0.25) is 5.89 Å². The molecule has 5 heterocycles. The van der Waals surface area contributed by atoms with Crippen LogP contribution in [0.2, 0.25) is 0 Å². The number of rotatable bonds is 9. The van der Waals surface area contributed by atoms with Gasteiger partial charge < -0.3 is 24.4 Å². The molecule has 194 valence electrons. The lowest BCUT2D eigenvalue weighted by Gasteiger charge is -2.31. The Hall–Kier alpha value is -3.65. The zero-order chi connectivity index (χ0) is 26.0. The Balaban J connectivity index is 1.43. The molecule has 0 saturated carbocycles. The second kappa shape index (κ2) is 10.4. The number of piperidine rings is 1. The van der Waals surface area contributed by atoms with E-state index in [2.05, 4.69) is 68.8 Å². The SMILES string of the molecule is C=C(Nc1cn2cc(CCC(C)(C)NC)nc2cc1N1CCCCC1)c1coc(-c2ccnc(C)c2)n1. The number of hydrogen-bond donors (Lipinski definition) is 2. The van der Waals surface area contributed by atoms with Crippen LogP contribution < -0.4 is 15.5 Å². The van der Waals surface area contributed by atoms with Gasteiger partial charge in [0, 0.05) is 54.5 Å². The normalized spacial score (nSPS) is 14.3. The van der Waals surface area contributed by atoms with Gasteiger partial charge in [0.1, 0.15) is 17.6 Å². The molecule has 0 spiro atoms. The van der Waals surface area contributed by atoms with Gasteiger partial charge in [-0.1, -0.05) is 6.58 Å². The number of imidazole rings is 1. The Kier molecular flexibility index (Phi) is 7.02. The average molecular weight is 500 g/mol. The largest absolute Gasteiger partial charge is 0.444 e. The molecule has 4 aromatic heterocycles. The Morgan fingerprint density at radius 3 is 2.70 bits per heavy atom. The second-order valence-corrected chi connectivity index (χ2v) is 10.6. The number of nitrogens with one attached hydrogen (secondary N) is 2. The maximum atomic E-state index is 5.78. The summed E-state index contributed by atoms with van der Waals surface area (Å²) in [6, 6.07) is 6.06. The molecule has 5 rings (SSSR count). The molecule has 1 saturated heterocycles. The fraction of sp³-hybridized carbons (Fsp3) is 0.414. The lowest BCUT2D eigenvalue weighted by atomic mass is 9.98. The van der Waals surface area contributed by atoms with E-state index in [1.54, 1.807) is 12.5 Å². The van der Waals surface area contributed by atoms with Crippen molar-refractivity contribution in [3.05, 3.63) is 66.7 Å².